The predicted molar refractivity (Wildman–Crippen MR) is 77.1 cm³/mol. The Hall–Kier alpha value is -2.16. The van der Waals surface area contributed by atoms with E-state index in [9.17, 15) is 4.79 Å². The Bertz CT molecular complexity index is 552. The van der Waals surface area contributed by atoms with E-state index in [-0.39, 0.29) is 11.8 Å². The Morgan fingerprint density at radius 3 is 2.58 bits per heavy atom. The smallest absolute Gasteiger partial charge is 0.226 e. The Balaban J connectivity index is 1.95. The fourth-order valence-electron chi connectivity index (χ4n) is 1.98. The monoisotopic (exact) mass is 254 g/mol. The van der Waals surface area contributed by atoms with Crippen LogP contribution in [0.2, 0.25) is 0 Å². The van der Waals surface area contributed by atoms with Crippen LogP contribution in [0.3, 0.4) is 0 Å². The zero-order valence-corrected chi connectivity index (χ0v) is 11.3. The molecule has 1 amide bonds. The number of carbonyl (C=O) groups is 1. The van der Waals surface area contributed by atoms with Crippen LogP contribution in [0.15, 0.2) is 48.5 Å². The Kier molecular flexibility index (Phi) is 4.29. The van der Waals surface area contributed by atoms with E-state index in [2.05, 4.69) is 17.2 Å². The van der Waals surface area contributed by atoms with Crippen LogP contribution in [0.5, 0.6) is 0 Å². The van der Waals surface area contributed by atoms with Crippen LogP contribution in [0.1, 0.15) is 30.5 Å². The Morgan fingerprint density at radius 1 is 1.16 bits per heavy atom. The molecule has 1 N–H and O–H groups in total. The molecule has 0 aliphatic heterocycles. The summed E-state index contributed by atoms with van der Waals surface area (Å²) in [5, 5.41) is 2.83. The van der Waals surface area contributed by atoms with Crippen molar-refractivity contribution in [2.45, 2.75) is 26.2 Å². The maximum absolute atomic E-state index is 12.0. The van der Waals surface area contributed by atoms with Gasteiger partial charge in [-0.15, -0.1) is 0 Å². The first-order valence-corrected chi connectivity index (χ1v) is 6.43. The third kappa shape index (κ3) is 3.91. The van der Waals surface area contributed by atoms with E-state index in [4.69, 9.17) is 0 Å². The van der Waals surface area contributed by atoms with E-state index in [0.29, 0.717) is 12.2 Å². The third-order valence-electron chi connectivity index (χ3n) is 3.02. The lowest BCUT2D eigenvalue weighted by molar-refractivity contribution is -0.116. The summed E-state index contributed by atoms with van der Waals surface area (Å²) in [7, 11) is 0. The number of carbonyl (C=O) groups excluding carboxylic acids is 1. The van der Waals surface area contributed by atoms with Crippen LogP contribution in [-0.2, 0) is 4.79 Å². The van der Waals surface area contributed by atoms with Crippen molar-refractivity contribution in [1.29, 1.82) is 0 Å². The number of hydrogen-bond donors (Lipinski definition) is 1. The number of nitrogens with one attached hydrogen (secondary N) is 1. The number of aryl methyl sites for hydroxylation is 1. The number of aromatic nitrogens is 1. The second kappa shape index (κ2) is 6.14. The molecule has 1 aromatic heterocycles. The minimum atomic E-state index is -0.00514. The topological polar surface area (TPSA) is 42.0 Å². The quantitative estimate of drug-likeness (QED) is 0.907. The van der Waals surface area contributed by atoms with Crippen molar-refractivity contribution in [1.82, 2.24) is 4.98 Å². The molecular formula is C16H18N2O. The molecule has 3 nitrogen and oxygen atoms in total. The maximum atomic E-state index is 12.0. The summed E-state index contributed by atoms with van der Waals surface area (Å²) in [6.07, 6.45) is 0.458. The molecule has 0 aliphatic carbocycles. The first-order valence-electron chi connectivity index (χ1n) is 6.43. The van der Waals surface area contributed by atoms with Crippen molar-refractivity contribution in [2.24, 2.45) is 0 Å². The molecular weight excluding hydrogens is 236 g/mol. The SMILES string of the molecule is Cc1cccc(NC(=O)C[C@H](C)c2ccccc2)n1. The van der Waals surface area contributed by atoms with Crippen molar-refractivity contribution in [3.8, 4) is 0 Å². The summed E-state index contributed by atoms with van der Waals surface area (Å²) < 4.78 is 0. The fraction of sp³-hybridized carbons (Fsp3) is 0.250. The number of benzene rings is 1. The normalized spacial score (nSPS) is 11.9. The van der Waals surface area contributed by atoms with E-state index in [1.54, 1.807) is 6.07 Å². The molecule has 1 heterocycles. The molecule has 0 aliphatic rings. The molecule has 1 atom stereocenters. The van der Waals surface area contributed by atoms with Gasteiger partial charge in [0.2, 0.25) is 5.91 Å². The third-order valence-corrected chi connectivity index (χ3v) is 3.02. The van der Waals surface area contributed by atoms with Crippen LogP contribution < -0.4 is 5.32 Å². The molecule has 0 spiro atoms. The zero-order valence-electron chi connectivity index (χ0n) is 11.3. The van der Waals surface area contributed by atoms with Gasteiger partial charge < -0.3 is 5.32 Å². The largest absolute Gasteiger partial charge is 0.311 e. The average molecular weight is 254 g/mol. The Labute approximate surface area is 113 Å². The number of hydrogen-bond acceptors (Lipinski definition) is 2. The van der Waals surface area contributed by atoms with Crippen LogP contribution >= 0.6 is 0 Å². The molecule has 0 bridgehead atoms. The molecule has 0 radical (unpaired) electrons. The summed E-state index contributed by atoms with van der Waals surface area (Å²) in [5.41, 5.74) is 2.07. The van der Waals surface area contributed by atoms with Crippen molar-refractivity contribution < 1.29 is 4.79 Å². The van der Waals surface area contributed by atoms with Crippen molar-refractivity contribution in [3.05, 3.63) is 59.8 Å². The summed E-state index contributed by atoms with van der Waals surface area (Å²) in [6, 6.07) is 15.6. The van der Waals surface area contributed by atoms with Crippen molar-refractivity contribution in [3.63, 3.8) is 0 Å². The minimum absolute atomic E-state index is 0.00514. The van der Waals surface area contributed by atoms with E-state index in [0.717, 1.165) is 5.69 Å². The van der Waals surface area contributed by atoms with Crippen LogP contribution in [0.4, 0.5) is 5.82 Å². The summed E-state index contributed by atoms with van der Waals surface area (Å²) >= 11 is 0. The second-order valence-electron chi connectivity index (χ2n) is 4.73. The molecule has 1 aromatic carbocycles. The number of rotatable bonds is 4. The maximum Gasteiger partial charge on any atom is 0.226 e. The molecule has 3 heteroatoms. The van der Waals surface area contributed by atoms with Crippen molar-refractivity contribution >= 4 is 11.7 Å². The van der Waals surface area contributed by atoms with Gasteiger partial charge in [0.05, 0.1) is 0 Å². The number of anilines is 1. The van der Waals surface area contributed by atoms with E-state index < -0.39 is 0 Å². The zero-order chi connectivity index (χ0) is 13.7. The second-order valence-corrected chi connectivity index (χ2v) is 4.73. The molecule has 0 unspecified atom stereocenters. The van der Waals surface area contributed by atoms with Crippen LogP contribution in [0, 0.1) is 6.92 Å². The van der Waals surface area contributed by atoms with Gasteiger partial charge in [0, 0.05) is 12.1 Å². The highest BCUT2D eigenvalue weighted by Gasteiger charge is 2.11. The number of nitrogens with zero attached hydrogens (tertiary/aromatic N) is 1. The standard InChI is InChI=1S/C16H18N2O/c1-12(14-8-4-3-5-9-14)11-16(19)18-15-10-6-7-13(2)17-15/h3-10,12H,11H2,1-2H3,(H,17,18,19)/t12-/m0/s1. The number of amides is 1. The average Bonchev–Trinajstić information content (AvgIpc) is 2.39. The van der Waals surface area contributed by atoms with Gasteiger partial charge in [-0.3, -0.25) is 4.79 Å². The first-order chi connectivity index (χ1) is 9.15. The Morgan fingerprint density at radius 2 is 1.89 bits per heavy atom. The van der Waals surface area contributed by atoms with E-state index >= 15 is 0 Å². The molecule has 2 rings (SSSR count). The van der Waals surface area contributed by atoms with E-state index in [1.165, 1.54) is 5.56 Å². The lowest BCUT2D eigenvalue weighted by Gasteiger charge is -2.11. The van der Waals surface area contributed by atoms with Crippen molar-refractivity contribution in [2.75, 3.05) is 5.32 Å². The first kappa shape index (κ1) is 13.3. The van der Waals surface area contributed by atoms with Gasteiger partial charge in [-0.1, -0.05) is 43.3 Å². The molecule has 19 heavy (non-hydrogen) atoms. The summed E-state index contributed by atoms with van der Waals surface area (Å²) in [6.45, 7) is 3.96. The van der Waals surface area contributed by atoms with Gasteiger partial charge in [0.1, 0.15) is 5.82 Å². The van der Waals surface area contributed by atoms with Gasteiger partial charge in [0.15, 0.2) is 0 Å². The lowest BCUT2D eigenvalue weighted by atomic mass is 9.98. The summed E-state index contributed by atoms with van der Waals surface area (Å²) in [5.74, 6) is 0.811. The highest BCUT2D eigenvalue weighted by atomic mass is 16.1. The van der Waals surface area contributed by atoms with Gasteiger partial charge in [0.25, 0.3) is 0 Å². The highest BCUT2D eigenvalue weighted by molar-refractivity contribution is 5.90. The lowest BCUT2D eigenvalue weighted by Crippen LogP contribution is -2.15. The molecule has 0 saturated heterocycles. The molecule has 0 fully saturated rings. The molecule has 98 valence electrons. The number of pyridine rings is 1. The van der Waals surface area contributed by atoms with Crippen LogP contribution in [-0.4, -0.2) is 10.9 Å². The van der Waals surface area contributed by atoms with Crippen LogP contribution in [0.25, 0.3) is 0 Å². The van der Waals surface area contributed by atoms with E-state index in [1.807, 2.05) is 49.4 Å². The van der Waals surface area contributed by atoms with Gasteiger partial charge in [-0.25, -0.2) is 4.98 Å². The molecule has 2 aromatic rings. The molecule has 0 saturated carbocycles. The van der Waals surface area contributed by atoms with Gasteiger partial charge >= 0.3 is 0 Å². The predicted octanol–water partition coefficient (Wildman–Crippen LogP) is 3.52. The minimum Gasteiger partial charge on any atom is -0.311 e. The van der Waals surface area contributed by atoms with Gasteiger partial charge in [-0.05, 0) is 30.5 Å². The summed E-state index contributed by atoms with van der Waals surface area (Å²) in [4.78, 5) is 16.2. The highest BCUT2D eigenvalue weighted by Crippen LogP contribution is 2.19. The fourth-order valence-corrected chi connectivity index (χ4v) is 1.98. The van der Waals surface area contributed by atoms with Gasteiger partial charge in [-0.2, -0.15) is 0 Å².